The number of hydrogen-bond donors (Lipinski definition) is 2. The highest BCUT2D eigenvalue weighted by Crippen LogP contribution is 2.31. The van der Waals surface area contributed by atoms with Crippen LogP contribution >= 0.6 is 0 Å². The Balaban J connectivity index is 1.31. The third-order valence-corrected chi connectivity index (χ3v) is 7.11. The van der Waals surface area contributed by atoms with Gasteiger partial charge in [-0.1, -0.05) is 12.1 Å². The summed E-state index contributed by atoms with van der Waals surface area (Å²) in [5, 5.41) is 15.4. The van der Waals surface area contributed by atoms with E-state index in [1.165, 1.54) is 29.2 Å². The van der Waals surface area contributed by atoms with Crippen LogP contribution in [0.15, 0.2) is 65.8 Å². The number of alkyl halides is 2. The molecule has 1 saturated heterocycles. The Kier molecular flexibility index (Phi) is 7.40. The van der Waals surface area contributed by atoms with Crippen molar-refractivity contribution in [3.8, 4) is 6.07 Å². The molecule has 14 heteroatoms. The normalized spacial score (nSPS) is 16.6. The van der Waals surface area contributed by atoms with E-state index in [1.54, 1.807) is 18.2 Å². The lowest BCUT2D eigenvalue weighted by atomic mass is 10.2. The van der Waals surface area contributed by atoms with Crippen LogP contribution in [0.1, 0.15) is 22.3 Å². The molecule has 38 heavy (non-hydrogen) atoms. The van der Waals surface area contributed by atoms with E-state index in [0.717, 1.165) is 34.7 Å². The molecule has 1 aliphatic heterocycles. The number of nitriles is 1. The van der Waals surface area contributed by atoms with E-state index in [4.69, 9.17) is 5.26 Å². The molecular formula is C24H21F3N6O4S. The largest absolute Gasteiger partial charge is 0.343 e. The highest BCUT2D eigenvalue weighted by molar-refractivity contribution is 7.92. The van der Waals surface area contributed by atoms with Gasteiger partial charge in [-0.3, -0.25) is 19.0 Å². The van der Waals surface area contributed by atoms with Crippen molar-refractivity contribution in [1.82, 2.24) is 20.0 Å². The minimum atomic E-state index is -3.89. The number of halogens is 3. The number of benzene rings is 2. The van der Waals surface area contributed by atoms with Crippen LogP contribution in [0.25, 0.3) is 0 Å². The minimum Gasteiger partial charge on any atom is -0.343 e. The van der Waals surface area contributed by atoms with Crippen molar-refractivity contribution in [1.29, 1.82) is 5.26 Å². The topological polar surface area (TPSA) is 137 Å². The first-order valence-corrected chi connectivity index (χ1v) is 12.7. The quantitative estimate of drug-likeness (QED) is 0.445. The van der Waals surface area contributed by atoms with Crippen molar-refractivity contribution in [2.75, 3.05) is 17.8 Å². The average molecular weight is 547 g/mol. The fourth-order valence-corrected chi connectivity index (χ4v) is 4.87. The van der Waals surface area contributed by atoms with Gasteiger partial charge in [-0.15, -0.1) is 0 Å². The third-order valence-electron chi connectivity index (χ3n) is 5.71. The van der Waals surface area contributed by atoms with Crippen LogP contribution in [0.2, 0.25) is 0 Å². The van der Waals surface area contributed by atoms with Crippen molar-refractivity contribution in [3.63, 3.8) is 0 Å². The van der Waals surface area contributed by atoms with Gasteiger partial charge in [0, 0.05) is 18.3 Å². The van der Waals surface area contributed by atoms with Gasteiger partial charge in [0.25, 0.3) is 21.9 Å². The number of sulfonamides is 1. The van der Waals surface area contributed by atoms with Gasteiger partial charge in [0.1, 0.15) is 11.9 Å². The van der Waals surface area contributed by atoms with Crippen LogP contribution in [0, 0.1) is 17.1 Å². The van der Waals surface area contributed by atoms with E-state index in [0.29, 0.717) is 0 Å². The summed E-state index contributed by atoms with van der Waals surface area (Å²) in [5.74, 6) is -5.13. The Morgan fingerprint density at radius 2 is 1.82 bits per heavy atom. The van der Waals surface area contributed by atoms with E-state index in [2.05, 4.69) is 15.1 Å². The Morgan fingerprint density at radius 1 is 1.13 bits per heavy atom. The molecule has 0 spiro atoms. The van der Waals surface area contributed by atoms with Crippen LogP contribution in [0.3, 0.4) is 0 Å². The van der Waals surface area contributed by atoms with E-state index in [1.807, 2.05) is 0 Å². The van der Waals surface area contributed by atoms with Gasteiger partial charge >= 0.3 is 0 Å². The summed E-state index contributed by atoms with van der Waals surface area (Å²) in [6, 6.07) is 11.2. The molecule has 0 unspecified atom stereocenters. The first-order chi connectivity index (χ1) is 18.0. The molecule has 10 nitrogen and oxygen atoms in total. The number of amides is 2. The van der Waals surface area contributed by atoms with Gasteiger partial charge in [-0.2, -0.15) is 10.4 Å². The van der Waals surface area contributed by atoms with Crippen LogP contribution in [0.4, 0.5) is 18.9 Å². The molecule has 1 atom stereocenters. The zero-order chi connectivity index (χ0) is 27.5. The second-order valence-corrected chi connectivity index (χ2v) is 10.3. The number of nitrogens with zero attached hydrogens (tertiary/aromatic N) is 4. The summed E-state index contributed by atoms with van der Waals surface area (Å²) >= 11 is 0. The van der Waals surface area contributed by atoms with E-state index < -0.39 is 59.1 Å². The first kappa shape index (κ1) is 26.7. The Hall–Kier alpha value is -4.38. The highest BCUT2D eigenvalue weighted by Gasteiger charge is 2.47. The SMILES string of the molecule is N#C[C@@H]1CC(F)(F)CN1C(=O)CNC(=O)c1cnn(Cc2ccc(NS(=O)(=O)c3ccc(F)cc3)cc2)c1. The lowest BCUT2D eigenvalue weighted by Crippen LogP contribution is -2.42. The number of carbonyl (C=O) groups excluding carboxylic acids is 2. The zero-order valence-electron chi connectivity index (χ0n) is 19.6. The number of likely N-dealkylation sites (tertiary alicyclic amines) is 1. The summed E-state index contributed by atoms with van der Waals surface area (Å²) in [6.07, 6.45) is 1.96. The summed E-state index contributed by atoms with van der Waals surface area (Å²) in [5.41, 5.74) is 1.15. The van der Waals surface area contributed by atoms with Crippen molar-refractivity contribution >= 4 is 27.5 Å². The fraction of sp³-hybridized carbons (Fsp3) is 0.250. The average Bonchev–Trinajstić information content (AvgIpc) is 3.47. The Morgan fingerprint density at radius 3 is 2.47 bits per heavy atom. The monoisotopic (exact) mass is 546 g/mol. The van der Waals surface area contributed by atoms with Gasteiger partial charge in [-0.25, -0.2) is 21.6 Å². The summed E-state index contributed by atoms with van der Waals surface area (Å²) in [4.78, 5) is 25.3. The van der Waals surface area contributed by atoms with Crippen LogP contribution in [-0.4, -0.2) is 60.0 Å². The number of carbonyl (C=O) groups is 2. The molecule has 1 fully saturated rings. The summed E-state index contributed by atoms with van der Waals surface area (Å²) in [7, 11) is -3.89. The number of anilines is 1. The maximum atomic E-state index is 13.5. The van der Waals surface area contributed by atoms with Gasteiger partial charge in [0.2, 0.25) is 5.91 Å². The maximum absolute atomic E-state index is 13.5. The molecule has 2 amide bonds. The summed E-state index contributed by atoms with van der Waals surface area (Å²) in [6.45, 7) is -1.18. The van der Waals surface area contributed by atoms with E-state index in [9.17, 15) is 31.2 Å². The standard InChI is InChI=1S/C24H21F3N6O4S/c25-18-3-7-21(8-4-18)38(36,37)31-19-5-1-16(2-6-19)13-32-14-17(11-30-32)23(35)29-12-22(34)33-15-24(26,27)9-20(33)10-28/h1-8,11,14,20,31H,9,12-13,15H2,(H,29,35)/t20-/m0/s1. The number of rotatable bonds is 8. The van der Waals surface area contributed by atoms with Crippen molar-refractivity contribution in [2.45, 2.75) is 29.8 Å². The zero-order valence-corrected chi connectivity index (χ0v) is 20.5. The van der Waals surface area contributed by atoms with Gasteiger partial charge in [0.15, 0.2) is 0 Å². The van der Waals surface area contributed by atoms with E-state index >= 15 is 0 Å². The van der Waals surface area contributed by atoms with Gasteiger partial charge in [-0.05, 0) is 42.0 Å². The molecule has 2 heterocycles. The first-order valence-electron chi connectivity index (χ1n) is 11.2. The molecule has 2 N–H and O–H groups in total. The number of nitrogens with one attached hydrogen (secondary N) is 2. The van der Waals surface area contributed by atoms with E-state index in [-0.39, 0.29) is 22.7 Å². The number of hydrogen-bond acceptors (Lipinski definition) is 6. The second kappa shape index (κ2) is 10.5. The van der Waals surface area contributed by atoms with Gasteiger partial charge in [0.05, 0.1) is 42.4 Å². The maximum Gasteiger partial charge on any atom is 0.268 e. The minimum absolute atomic E-state index is 0.0877. The van der Waals surface area contributed by atoms with Crippen LogP contribution in [0.5, 0.6) is 0 Å². The van der Waals surface area contributed by atoms with Crippen molar-refractivity contribution < 1.29 is 31.2 Å². The predicted molar refractivity (Wildman–Crippen MR) is 128 cm³/mol. The lowest BCUT2D eigenvalue weighted by Gasteiger charge is -2.19. The predicted octanol–water partition coefficient (Wildman–Crippen LogP) is 2.36. The number of aromatic nitrogens is 2. The molecule has 0 saturated carbocycles. The fourth-order valence-electron chi connectivity index (χ4n) is 3.81. The molecule has 3 aromatic rings. The van der Waals surface area contributed by atoms with Crippen LogP contribution < -0.4 is 10.0 Å². The van der Waals surface area contributed by atoms with Crippen molar-refractivity contribution in [2.24, 2.45) is 0 Å². The Labute approximate surface area is 215 Å². The van der Waals surface area contributed by atoms with Crippen LogP contribution in [-0.2, 0) is 21.4 Å². The molecule has 4 rings (SSSR count). The molecule has 198 valence electrons. The van der Waals surface area contributed by atoms with Gasteiger partial charge < -0.3 is 10.2 Å². The highest BCUT2D eigenvalue weighted by atomic mass is 32.2. The molecule has 0 radical (unpaired) electrons. The third kappa shape index (κ3) is 6.30. The Bertz CT molecular complexity index is 1480. The van der Waals surface area contributed by atoms with Crippen molar-refractivity contribution in [3.05, 3.63) is 77.9 Å². The molecule has 1 aliphatic rings. The lowest BCUT2D eigenvalue weighted by molar-refractivity contribution is -0.131. The molecule has 0 bridgehead atoms. The smallest absolute Gasteiger partial charge is 0.268 e. The molecule has 2 aromatic carbocycles. The summed E-state index contributed by atoms with van der Waals surface area (Å²) < 4.78 is 68.8. The molecular weight excluding hydrogens is 525 g/mol. The second-order valence-electron chi connectivity index (χ2n) is 8.59. The molecule has 1 aromatic heterocycles. The molecule has 0 aliphatic carbocycles.